The smallest absolute Gasteiger partial charge is 0.246 e. The third-order valence-corrected chi connectivity index (χ3v) is 4.51. The van der Waals surface area contributed by atoms with Crippen molar-refractivity contribution >= 4 is 12.0 Å². The van der Waals surface area contributed by atoms with Crippen LogP contribution in [0.5, 0.6) is 0 Å². The van der Waals surface area contributed by atoms with Gasteiger partial charge in [-0.25, -0.2) is 4.39 Å². The summed E-state index contributed by atoms with van der Waals surface area (Å²) in [4.78, 5) is 14.2. The van der Waals surface area contributed by atoms with Crippen LogP contribution in [0, 0.1) is 17.7 Å². The average Bonchev–Trinajstić information content (AvgIpc) is 3.01. The zero-order valence-electron chi connectivity index (χ0n) is 11.6. The lowest BCUT2D eigenvalue weighted by Crippen LogP contribution is -2.37. The second-order valence-corrected chi connectivity index (χ2v) is 5.70. The molecule has 0 aliphatic carbocycles. The van der Waals surface area contributed by atoms with Crippen molar-refractivity contribution in [3.05, 3.63) is 41.7 Å². The van der Waals surface area contributed by atoms with Crippen molar-refractivity contribution in [3.8, 4) is 0 Å². The van der Waals surface area contributed by atoms with Crippen LogP contribution in [0.15, 0.2) is 30.3 Å². The number of halogens is 1. The van der Waals surface area contributed by atoms with E-state index in [0.717, 1.165) is 25.2 Å². The number of rotatable bonds is 2. The quantitative estimate of drug-likeness (QED) is 0.836. The lowest BCUT2D eigenvalue weighted by Gasteiger charge is -2.23. The SMILES string of the molecule is CC1C2CNCC2CN1C(=O)C=Cc1ccc(F)cc1. The summed E-state index contributed by atoms with van der Waals surface area (Å²) in [5, 5.41) is 3.39. The first kappa shape index (κ1) is 13.3. The zero-order valence-corrected chi connectivity index (χ0v) is 11.6. The van der Waals surface area contributed by atoms with E-state index in [9.17, 15) is 9.18 Å². The molecule has 0 saturated carbocycles. The van der Waals surface area contributed by atoms with Gasteiger partial charge < -0.3 is 10.2 Å². The van der Waals surface area contributed by atoms with E-state index in [0.29, 0.717) is 17.9 Å². The number of hydrogen-bond donors (Lipinski definition) is 1. The molecule has 4 heteroatoms. The monoisotopic (exact) mass is 274 g/mol. The van der Waals surface area contributed by atoms with Crippen LogP contribution in [0.3, 0.4) is 0 Å². The van der Waals surface area contributed by atoms with E-state index in [2.05, 4.69) is 12.2 Å². The molecule has 1 amide bonds. The summed E-state index contributed by atoms with van der Waals surface area (Å²) in [6.07, 6.45) is 3.35. The van der Waals surface area contributed by atoms with Crippen LogP contribution in [0.2, 0.25) is 0 Å². The molecule has 2 fully saturated rings. The molecule has 106 valence electrons. The van der Waals surface area contributed by atoms with Gasteiger partial charge in [0.15, 0.2) is 0 Å². The Balaban J connectivity index is 1.66. The van der Waals surface area contributed by atoms with Gasteiger partial charge in [0.05, 0.1) is 0 Å². The van der Waals surface area contributed by atoms with E-state index < -0.39 is 0 Å². The second-order valence-electron chi connectivity index (χ2n) is 5.70. The molecule has 1 aromatic rings. The first-order valence-corrected chi connectivity index (χ1v) is 7.10. The summed E-state index contributed by atoms with van der Waals surface area (Å²) in [6.45, 7) is 4.99. The zero-order chi connectivity index (χ0) is 14.1. The molecular formula is C16H19FN2O. The van der Waals surface area contributed by atoms with E-state index in [1.807, 2.05) is 4.90 Å². The fraction of sp³-hybridized carbons (Fsp3) is 0.438. The highest BCUT2D eigenvalue weighted by molar-refractivity contribution is 5.92. The standard InChI is InChI=1S/C16H19FN2O/c1-11-15-9-18-8-13(15)10-19(11)16(20)7-4-12-2-5-14(17)6-3-12/h2-7,11,13,15,18H,8-10H2,1H3. The summed E-state index contributed by atoms with van der Waals surface area (Å²) in [6, 6.07) is 6.44. The summed E-state index contributed by atoms with van der Waals surface area (Å²) in [5.74, 6) is 0.963. The highest BCUT2D eigenvalue weighted by Gasteiger charge is 2.42. The van der Waals surface area contributed by atoms with Gasteiger partial charge in [0, 0.05) is 31.8 Å². The molecule has 3 unspecified atom stereocenters. The number of amides is 1. The van der Waals surface area contributed by atoms with Gasteiger partial charge in [-0.2, -0.15) is 0 Å². The van der Waals surface area contributed by atoms with Crippen LogP contribution in [-0.4, -0.2) is 36.5 Å². The number of hydrogen-bond acceptors (Lipinski definition) is 2. The van der Waals surface area contributed by atoms with E-state index in [4.69, 9.17) is 0 Å². The molecule has 2 aliphatic rings. The number of carbonyl (C=O) groups is 1. The highest BCUT2D eigenvalue weighted by atomic mass is 19.1. The minimum absolute atomic E-state index is 0.0521. The predicted molar refractivity (Wildman–Crippen MR) is 76.5 cm³/mol. The summed E-state index contributed by atoms with van der Waals surface area (Å²) >= 11 is 0. The normalized spacial score (nSPS) is 29.1. The van der Waals surface area contributed by atoms with Gasteiger partial charge in [-0.05, 0) is 42.5 Å². The lowest BCUT2D eigenvalue weighted by atomic mass is 9.95. The Morgan fingerprint density at radius 1 is 1.35 bits per heavy atom. The molecule has 20 heavy (non-hydrogen) atoms. The topological polar surface area (TPSA) is 32.3 Å². The summed E-state index contributed by atoms with van der Waals surface area (Å²) in [5.41, 5.74) is 0.841. The van der Waals surface area contributed by atoms with Crippen molar-refractivity contribution in [1.82, 2.24) is 10.2 Å². The van der Waals surface area contributed by atoms with E-state index >= 15 is 0 Å². The molecule has 2 heterocycles. The molecule has 0 spiro atoms. The van der Waals surface area contributed by atoms with Crippen molar-refractivity contribution in [3.63, 3.8) is 0 Å². The number of nitrogens with one attached hydrogen (secondary N) is 1. The molecule has 0 radical (unpaired) electrons. The first-order valence-electron chi connectivity index (χ1n) is 7.10. The van der Waals surface area contributed by atoms with Crippen molar-refractivity contribution in [2.75, 3.05) is 19.6 Å². The van der Waals surface area contributed by atoms with Gasteiger partial charge in [0.2, 0.25) is 5.91 Å². The van der Waals surface area contributed by atoms with Crippen LogP contribution in [0.4, 0.5) is 4.39 Å². The van der Waals surface area contributed by atoms with E-state index in [1.54, 1.807) is 24.3 Å². The highest BCUT2D eigenvalue weighted by Crippen LogP contribution is 2.32. The Hall–Kier alpha value is -1.68. The van der Waals surface area contributed by atoms with Crippen LogP contribution in [0.1, 0.15) is 12.5 Å². The maximum absolute atomic E-state index is 12.8. The van der Waals surface area contributed by atoms with Gasteiger partial charge >= 0.3 is 0 Å². The Labute approximate surface area is 118 Å². The Morgan fingerprint density at radius 2 is 2.10 bits per heavy atom. The number of likely N-dealkylation sites (tertiary alicyclic amines) is 1. The minimum Gasteiger partial charge on any atom is -0.336 e. The maximum atomic E-state index is 12.8. The van der Waals surface area contributed by atoms with E-state index in [1.165, 1.54) is 12.1 Å². The molecule has 2 aliphatic heterocycles. The fourth-order valence-electron chi connectivity index (χ4n) is 3.30. The molecule has 3 rings (SSSR count). The number of benzene rings is 1. The van der Waals surface area contributed by atoms with Crippen molar-refractivity contribution in [1.29, 1.82) is 0 Å². The molecule has 0 aromatic heterocycles. The maximum Gasteiger partial charge on any atom is 0.246 e. The summed E-state index contributed by atoms with van der Waals surface area (Å²) in [7, 11) is 0. The third kappa shape index (κ3) is 2.48. The lowest BCUT2D eigenvalue weighted by molar-refractivity contribution is -0.126. The molecule has 2 saturated heterocycles. The van der Waals surface area contributed by atoms with Gasteiger partial charge in [0.25, 0.3) is 0 Å². The van der Waals surface area contributed by atoms with Crippen molar-refractivity contribution < 1.29 is 9.18 Å². The third-order valence-electron chi connectivity index (χ3n) is 4.51. The van der Waals surface area contributed by atoms with Crippen LogP contribution in [-0.2, 0) is 4.79 Å². The fourth-order valence-corrected chi connectivity index (χ4v) is 3.30. The Morgan fingerprint density at radius 3 is 2.80 bits per heavy atom. The van der Waals surface area contributed by atoms with E-state index in [-0.39, 0.29) is 11.7 Å². The molecule has 3 nitrogen and oxygen atoms in total. The number of fused-ring (bicyclic) bond motifs is 1. The molecule has 0 bridgehead atoms. The van der Waals surface area contributed by atoms with Crippen LogP contribution < -0.4 is 5.32 Å². The molecule has 3 atom stereocenters. The second kappa shape index (κ2) is 5.37. The molecular weight excluding hydrogens is 255 g/mol. The Bertz CT molecular complexity index is 526. The Kier molecular flexibility index (Phi) is 3.57. The van der Waals surface area contributed by atoms with Gasteiger partial charge in [0.1, 0.15) is 5.82 Å². The average molecular weight is 274 g/mol. The molecule has 1 aromatic carbocycles. The first-order chi connectivity index (χ1) is 9.65. The van der Waals surface area contributed by atoms with Gasteiger partial charge in [-0.1, -0.05) is 12.1 Å². The number of carbonyl (C=O) groups excluding carboxylic acids is 1. The predicted octanol–water partition coefficient (Wildman–Crippen LogP) is 1.91. The minimum atomic E-state index is -0.262. The summed E-state index contributed by atoms with van der Waals surface area (Å²) < 4.78 is 12.8. The van der Waals surface area contributed by atoms with Crippen LogP contribution >= 0.6 is 0 Å². The van der Waals surface area contributed by atoms with Crippen molar-refractivity contribution in [2.45, 2.75) is 13.0 Å². The van der Waals surface area contributed by atoms with Crippen molar-refractivity contribution in [2.24, 2.45) is 11.8 Å². The van der Waals surface area contributed by atoms with Gasteiger partial charge in [-0.15, -0.1) is 0 Å². The number of nitrogens with zero attached hydrogens (tertiary/aromatic N) is 1. The van der Waals surface area contributed by atoms with Gasteiger partial charge in [-0.3, -0.25) is 4.79 Å². The molecule has 1 N–H and O–H groups in total. The van der Waals surface area contributed by atoms with Crippen LogP contribution in [0.25, 0.3) is 6.08 Å². The largest absolute Gasteiger partial charge is 0.336 e.